The summed E-state index contributed by atoms with van der Waals surface area (Å²) < 4.78 is 33.3. The van der Waals surface area contributed by atoms with Crippen molar-refractivity contribution in [3.05, 3.63) is 63.7 Å². The van der Waals surface area contributed by atoms with E-state index in [4.69, 9.17) is 0 Å². The molecule has 4 aliphatic rings. The van der Waals surface area contributed by atoms with Gasteiger partial charge in [0.15, 0.2) is 0 Å². The van der Waals surface area contributed by atoms with Crippen molar-refractivity contribution >= 4 is 22.8 Å². The first-order chi connectivity index (χ1) is 20.6. The highest BCUT2D eigenvalue weighted by atomic mass is 19.3. The van der Waals surface area contributed by atoms with Gasteiger partial charge in [0.1, 0.15) is 17.8 Å². The van der Waals surface area contributed by atoms with Crippen LogP contribution in [0.1, 0.15) is 75.1 Å². The van der Waals surface area contributed by atoms with E-state index in [1.165, 1.54) is 12.4 Å². The van der Waals surface area contributed by atoms with E-state index in [1.807, 2.05) is 24.8 Å². The maximum atomic E-state index is 15.9. The van der Waals surface area contributed by atoms with Gasteiger partial charge in [-0.3, -0.25) is 19.1 Å². The number of piperidine rings is 1. The first kappa shape index (κ1) is 29.2. The Morgan fingerprint density at radius 3 is 2.53 bits per heavy atom. The molecule has 3 aliphatic heterocycles. The van der Waals surface area contributed by atoms with Gasteiger partial charge in [0, 0.05) is 36.2 Å². The van der Waals surface area contributed by atoms with Crippen LogP contribution < -0.4 is 16.2 Å². The summed E-state index contributed by atoms with van der Waals surface area (Å²) in [5.41, 5.74) is 0.472. The van der Waals surface area contributed by atoms with E-state index in [2.05, 4.69) is 26.7 Å². The van der Waals surface area contributed by atoms with Crippen LogP contribution in [0.25, 0.3) is 11.0 Å². The number of aryl methyl sites for hydroxylation is 1. The molecule has 0 spiro atoms. The number of amides is 1. The smallest absolute Gasteiger partial charge is 0.276 e. The predicted molar refractivity (Wildman–Crippen MR) is 159 cm³/mol. The monoisotopic (exact) mass is 589 g/mol. The lowest BCUT2D eigenvalue weighted by Gasteiger charge is -2.38. The fourth-order valence-corrected chi connectivity index (χ4v) is 6.52. The standard InChI is InChI=1S/C32H37F2N7O2/c1-20-22-6-5-7-24(16-22)32(33,34)23-8-14-40(15-9-23)21(2)29(42)36-12-3-4-13-41-28-25(27(39-20)37-19-38-28)17-26(30(41)43)31(18-35)10-11-31/h5-7,16-17,19-21,23H,3-4,8-15H2,1-2H3,(H,36,42)(H,37,38,39)/t20-,21-/m1/s1. The molecular formula is C32H37F2N7O2. The SMILES string of the molecule is C[C@@H]1C(=O)NCCCCn2c(=O)c(C3(C#N)CC3)cc3c(ncnc32)N[C@H](C)c2cccc(c2)C(F)(F)C2CCN1CC2. The minimum absolute atomic E-state index is 0.0258. The largest absolute Gasteiger partial charge is 0.363 e. The maximum Gasteiger partial charge on any atom is 0.276 e. The Balaban J connectivity index is 1.42. The number of alkyl halides is 2. The number of fused-ring (bicyclic) bond motifs is 9. The Hall–Kier alpha value is -3.91. The lowest BCUT2D eigenvalue weighted by atomic mass is 9.85. The number of anilines is 1. The molecule has 11 heteroatoms. The Bertz CT molecular complexity index is 1640. The Morgan fingerprint density at radius 2 is 1.81 bits per heavy atom. The van der Waals surface area contributed by atoms with Crippen molar-refractivity contribution < 1.29 is 13.6 Å². The van der Waals surface area contributed by atoms with Gasteiger partial charge >= 0.3 is 0 Å². The van der Waals surface area contributed by atoms with Gasteiger partial charge in [-0.1, -0.05) is 18.2 Å². The summed E-state index contributed by atoms with van der Waals surface area (Å²) in [5.74, 6) is -3.50. The van der Waals surface area contributed by atoms with Crippen LogP contribution in [0, 0.1) is 17.2 Å². The number of rotatable bonds is 1. The summed E-state index contributed by atoms with van der Waals surface area (Å²) in [7, 11) is 0. The van der Waals surface area contributed by atoms with Crippen LogP contribution in [-0.2, 0) is 22.7 Å². The third-order valence-corrected chi connectivity index (χ3v) is 9.56. The number of nitrogens with one attached hydrogen (secondary N) is 2. The average Bonchev–Trinajstić information content (AvgIpc) is 3.82. The molecule has 1 aromatic carbocycles. The van der Waals surface area contributed by atoms with Gasteiger partial charge in [0.25, 0.3) is 11.5 Å². The van der Waals surface area contributed by atoms with Crippen LogP contribution in [0.3, 0.4) is 0 Å². The molecule has 2 N–H and O–H groups in total. The summed E-state index contributed by atoms with van der Waals surface area (Å²) in [6.45, 7) is 5.37. The van der Waals surface area contributed by atoms with E-state index in [1.54, 1.807) is 22.8 Å². The van der Waals surface area contributed by atoms with Gasteiger partial charge < -0.3 is 10.6 Å². The van der Waals surface area contributed by atoms with Crippen LogP contribution in [0.4, 0.5) is 14.6 Å². The summed E-state index contributed by atoms with van der Waals surface area (Å²) in [6, 6.07) is 9.78. The molecule has 1 saturated heterocycles. The zero-order chi connectivity index (χ0) is 30.4. The molecule has 1 saturated carbocycles. The molecule has 1 aliphatic carbocycles. The van der Waals surface area contributed by atoms with E-state index in [9.17, 15) is 14.9 Å². The maximum absolute atomic E-state index is 15.9. The fraction of sp³-hybridized carbons (Fsp3) is 0.531. The summed E-state index contributed by atoms with van der Waals surface area (Å²) in [4.78, 5) is 37.5. The Labute approximate surface area is 249 Å². The first-order valence-electron chi connectivity index (χ1n) is 15.2. The predicted octanol–water partition coefficient (Wildman–Crippen LogP) is 4.62. The molecule has 43 heavy (non-hydrogen) atoms. The molecule has 0 radical (unpaired) electrons. The molecular weight excluding hydrogens is 552 g/mol. The van der Waals surface area contributed by atoms with E-state index < -0.39 is 23.3 Å². The Kier molecular flexibility index (Phi) is 7.67. The number of pyridine rings is 1. The second-order valence-corrected chi connectivity index (χ2v) is 12.3. The quantitative estimate of drug-likeness (QED) is 0.426. The number of aromatic nitrogens is 3. The third-order valence-electron chi connectivity index (χ3n) is 9.56. The highest BCUT2D eigenvalue weighted by Gasteiger charge is 2.47. The van der Waals surface area contributed by atoms with Crippen molar-refractivity contribution in [2.75, 3.05) is 25.0 Å². The summed E-state index contributed by atoms with van der Waals surface area (Å²) in [6.07, 6.45) is 4.47. The molecule has 2 atom stereocenters. The van der Waals surface area contributed by atoms with Crippen LogP contribution in [0.15, 0.2) is 41.5 Å². The first-order valence-corrected chi connectivity index (χ1v) is 15.2. The van der Waals surface area contributed by atoms with Crippen molar-refractivity contribution in [2.45, 2.75) is 82.3 Å². The minimum Gasteiger partial charge on any atom is -0.363 e. The topological polar surface area (TPSA) is 116 Å². The fourth-order valence-electron chi connectivity index (χ4n) is 6.52. The molecule has 8 bridgehead atoms. The third kappa shape index (κ3) is 5.37. The summed E-state index contributed by atoms with van der Waals surface area (Å²) in [5, 5.41) is 16.9. The molecule has 1 amide bonds. The minimum atomic E-state index is -3.02. The normalized spacial score (nSPS) is 27.0. The van der Waals surface area contributed by atoms with Crippen molar-refractivity contribution in [3.8, 4) is 6.07 Å². The van der Waals surface area contributed by atoms with Crippen molar-refractivity contribution in [2.24, 2.45) is 5.92 Å². The molecule has 7 rings (SSSR count). The number of carbonyl (C=O) groups excluding carboxylic acids is 1. The van der Waals surface area contributed by atoms with Crippen LogP contribution in [-0.4, -0.2) is 51.0 Å². The molecule has 3 aromatic rings. The number of nitriles is 1. The van der Waals surface area contributed by atoms with Crippen LogP contribution in [0.5, 0.6) is 0 Å². The lowest BCUT2D eigenvalue weighted by Crippen LogP contribution is -2.49. The lowest BCUT2D eigenvalue weighted by molar-refractivity contribution is -0.128. The van der Waals surface area contributed by atoms with E-state index >= 15 is 8.78 Å². The van der Waals surface area contributed by atoms with E-state index in [-0.39, 0.29) is 23.1 Å². The van der Waals surface area contributed by atoms with Gasteiger partial charge in [-0.25, -0.2) is 18.7 Å². The van der Waals surface area contributed by atoms with Crippen molar-refractivity contribution in [1.82, 2.24) is 24.8 Å². The highest BCUT2D eigenvalue weighted by molar-refractivity contribution is 5.87. The van der Waals surface area contributed by atoms with Gasteiger partial charge in [0.05, 0.1) is 22.9 Å². The zero-order valence-corrected chi connectivity index (χ0v) is 24.6. The number of halogens is 2. The summed E-state index contributed by atoms with van der Waals surface area (Å²) >= 11 is 0. The number of nitrogens with zero attached hydrogens (tertiary/aromatic N) is 5. The average molecular weight is 590 g/mol. The molecule has 0 unspecified atom stereocenters. The van der Waals surface area contributed by atoms with E-state index in [0.29, 0.717) is 92.7 Å². The van der Waals surface area contributed by atoms with Crippen LogP contribution in [0.2, 0.25) is 0 Å². The number of benzene rings is 1. The molecule has 2 aromatic heterocycles. The number of hydrogen-bond acceptors (Lipinski definition) is 7. The molecule has 5 heterocycles. The Morgan fingerprint density at radius 1 is 1.05 bits per heavy atom. The van der Waals surface area contributed by atoms with Crippen molar-refractivity contribution in [1.29, 1.82) is 5.26 Å². The van der Waals surface area contributed by atoms with E-state index in [0.717, 1.165) is 0 Å². The number of carbonyl (C=O) groups is 1. The van der Waals surface area contributed by atoms with Gasteiger partial charge in [0.2, 0.25) is 5.91 Å². The zero-order valence-electron chi connectivity index (χ0n) is 24.6. The second-order valence-electron chi connectivity index (χ2n) is 12.3. The van der Waals surface area contributed by atoms with Gasteiger partial charge in [-0.15, -0.1) is 0 Å². The van der Waals surface area contributed by atoms with Crippen LogP contribution >= 0.6 is 0 Å². The number of hydrogen-bond donors (Lipinski definition) is 2. The van der Waals surface area contributed by atoms with Gasteiger partial charge in [-0.2, -0.15) is 5.26 Å². The molecule has 9 nitrogen and oxygen atoms in total. The highest BCUT2D eigenvalue weighted by Crippen LogP contribution is 2.47. The molecule has 2 fully saturated rings. The van der Waals surface area contributed by atoms with Crippen molar-refractivity contribution in [3.63, 3.8) is 0 Å². The molecule has 226 valence electrons. The second kappa shape index (κ2) is 11.3. The van der Waals surface area contributed by atoms with Gasteiger partial charge in [-0.05, 0) is 83.2 Å².